The first-order valence-corrected chi connectivity index (χ1v) is 6.88. The second-order valence-corrected chi connectivity index (χ2v) is 5.71. The minimum absolute atomic E-state index is 0.210. The van der Waals surface area contributed by atoms with E-state index in [9.17, 15) is 4.79 Å². The fourth-order valence-corrected chi connectivity index (χ4v) is 1.68. The molecule has 6 heteroatoms. The van der Waals surface area contributed by atoms with Crippen LogP contribution in [-0.2, 0) is 4.74 Å². The number of amides is 1. The highest BCUT2D eigenvalue weighted by Gasteiger charge is 2.21. The Balaban J connectivity index is 2.74. The van der Waals surface area contributed by atoms with Crippen molar-refractivity contribution in [3.8, 4) is 0 Å². The van der Waals surface area contributed by atoms with E-state index in [2.05, 4.69) is 22.2 Å². The van der Waals surface area contributed by atoms with Gasteiger partial charge >= 0.3 is 6.09 Å². The molecule has 0 fully saturated rings. The predicted octanol–water partition coefficient (Wildman–Crippen LogP) is 2.81. The topological polar surface area (TPSA) is 90.1 Å². The minimum Gasteiger partial charge on any atom is -0.444 e. The number of nitrogens with two attached hydrogens (primary N) is 1. The van der Waals surface area contributed by atoms with Crippen LogP contribution in [0.15, 0.2) is 12.4 Å². The monoisotopic (exact) mass is 280 g/mol. The molecule has 1 atom stereocenters. The summed E-state index contributed by atoms with van der Waals surface area (Å²) in [5.41, 5.74) is 5.70. The highest BCUT2D eigenvalue weighted by Crippen LogP contribution is 2.18. The SMILES string of the molecule is CCCCC(NC(=O)OC(C)(C)C)c1cnc(N)cn1. The molecule has 3 N–H and O–H groups in total. The zero-order valence-corrected chi connectivity index (χ0v) is 12.6. The van der Waals surface area contributed by atoms with Crippen molar-refractivity contribution in [3.63, 3.8) is 0 Å². The van der Waals surface area contributed by atoms with Crippen LogP contribution in [0.5, 0.6) is 0 Å². The van der Waals surface area contributed by atoms with E-state index < -0.39 is 11.7 Å². The number of aromatic nitrogens is 2. The first-order valence-electron chi connectivity index (χ1n) is 6.88. The molecule has 1 amide bonds. The lowest BCUT2D eigenvalue weighted by Crippen LogP contribution is -2.35. The van der Waals surface area contributed by atoms with E-state index in [1.165, 1.54) is 6.20 Å². The molecule has 0 aliphatic heterocycles. The molecule has 0 bridgehead atoms. The Morgan fingerprint density at radius 1 is 1.40 bits per heavy atom. The molecule has 112 valence electrons. The van der Waals surface area contributed by atoms with Crippen molar-refractivity contribution in [2.75, 3.05) is 5.73 Å². The number of ether oxygens (including phenoxy) is 1. The lowest BCUT2D eigenvalue weighted by Gasteiger charge is -2.23. The summed E-state index contributed by atoms with van der Waals surface area (Å²) >= 11 is 0. The molecule has 0 saturated carbocycles. The molecule has 0 radical (unpaired) electrons. The fraction of sp³-hybridized carbons (Fsp3) is 0.643. The maximum absolute atomic E-state index is 11.9. The van der Waals surface area contributed by atoms with Gasteiger partial charge in [-0.05, 0) is 27.2 Å². The Labute approximate surface area is 120 Å². The first kappa shape index (κ1) is 16.2. The highest BCUT2D eigenvalue weighted by molar-refractivity contribution is 5.68. The van der Waals surface area contributed by atoms with E-state index in [0.29, 0.717) is 11.5 Å². The van der Waals surface area contributed by atoms with Crippen molar-refractivity contribution in [2.45, 2.75) is 58.6 Å². The fourth-order valence-electron chi connectivity index (χ4n) is 1.68. The number of rotatable bonds is 5. The Bertz CT molecular complexity index is 426. The summed E-state index contributed by atoms with van der Waals surface area (Å²) in [6, 6.07) is -0.210. The summed E-state index contributed by atoms with van der Waals surface area (Å²) in [5.74, 6) is 0.361. The van der Waals surface area contributed by atoms with E-state index >= 15 is 0 Å². The van der Waals surface area contributed by atoms with E-state index in [1.54, 1.807) is 6.20 Å². The third-order valence-electron chi connectivity index (χ3n) is 2.59. The Hall–Kier alpha value is -1.85. The quantitative estimate of drug-likeness (QED) is 0.865. The van der Waals surface area contributed by atoms with Crippen LogP contribution in [0.1, 0.15) is 58.7 Å². The van der Waals surface area contributed by atoms with E-state index in [1.807, 2.05) is 20.8 Å². The molecule has 1 aromatic heterocycles. The molecular formula is C14H24N4O2. The third kappa shape index (κ3) is 5.86. The van der Waals surface area contributed by atoms with Gasteiger partial charge in [-0.25, -0.2) is 9.78 Å². The van der Waals surface area contributed by atoms with Crippen LogP contribution in [0.25, 0.3) is 0 Å². The van der Waals surface area contributed by atoms with E-state index in [4.69, 9.17) is 10.5 Å². The molecule has 0 saturated heterocycles. The molecule has 0 aliphatic rings. The predicted molar refractivity (Wildman–Crippen MR) is 78.1 cm³/mol. The van der Waals surface area contributed by atoms with Crippen LogP contribution in [0.4, 0.5) is 10.6 Å². The maximum atomic E-state index is 11.9. The van der Waals surface area contributed by atoms with Crippen LogP contribution in [-0.4, -0.2) is 21.7 Å². The second kappa shape index (κ2) is 7.07. The maximum Gasteiger partial charge on any atom is 0.408 e. The highest BCUT2D eigenvalue weighted by atomic mass is 16.6. The number of unbranched alkanes of at least 4 members (excludes halogenated alkanes) is 1. The molecule has 6 nitrogen and oxygen atoms in total. The van der Waals surface area contributed by atoms with E-state index in [-0.39, 0.29) is 6.04 Å². The van der Waals surface area contributed by atoms with Gasteiger partial charge in [-0.2, -0.15) is 0 Å². The molecule has 0 spiro atoms. The van der Waals surface area contributed by atoms with Gasteiger partial charge in [0.25, 0.3) is 0 Å². The van der Waals surface area contributed by atoms with Gasteiger partial charge in [-0.15, -0.1) is 0 Å². The van der Waals surface area contributed by atoms with Crippen LogP contribution >= 0.6 is 0 Å². The normalized spacial score (nSPS) is 12.8. The summed E-state index contributed by atoms with van der Waals surface area (Å²) < 4.78 is 5.27. The lowest BCUT2D eigenvalue weighted by atomic mass is 10.1. The Morgan fingerprint density at radius 3 is 2.60 bits per heavy atom. The van der Waals surface area contributed by atoms with E-state index in [0.717, 1.165) is 19.3 Å². The van der Waals surface area contributed by atoms with Crippen LogP contribution in [0.2, 0.25) is 0 Å². The van der Waals surface area contributed by atoms with Crippen molar-refractivity contribution >= 4 is 11.9 Å². The smallest absolute Gasteiger partial charge is 0.408 e. The molecule has 0 aliphatic carbocycles. The summed E-state index contributed by atoms with van der Waals surface area (Å²) in [4.78, 5) is 20.1. The van der Waals surface area contributed by atoms with Crippen LogP contribution < -0.4 is 11.1 Å². The Kier molecular flexibility index (Phi) is 5.73. The van der Waals surface area contributed by atoms with Crippen molar-refractivity contribution in [2.24, 2.45) is 0 Å². The molecular weight excluding hydrogens is 256 g/mol. The molecule has 1 heterocycles. The zero-order valence-electron chi connectivity index (χ0n) is 12.6. The summed E-state index contributed by atoms with van der Waals surface area (Å²) in [6.45, 7) is 7.59. The summed E-state index contributed by atoms with van der Waals surface area (Å²) in [7, 11) is 0. The van der Waals surface area contributed by atoms with Gasteiger partial charge in [0, 0.05) is 0 Å². The number of anilines is 1. The lowest BCUT2D eigenvalue weighted by molar-refractivity contribution is 0.0499. The number of nitrogens with one attached hydrogen (secondary N) is 1. The second-order valence-electron chi connectivity index (χ2n) is 5.71. The Morgan fingerprint density at radius 2 is 2.10 bits per heavy atom. The van der Waals surface area contributed by atoms with Gasteiger partial charge in [0.05, 0.1) is 24.1 Å². The number of nitrogen functional groups attached to an aromatic ring is 1. The van der Waals surface area contributed by atoms with Crippen molar-refractivity contribution < 1.29 is 9.53 Å². The van der Waals surface area contributed by atoms with Gasteiger partial charge < -0.3 is 15.8 Å². The standard InChI is InChI=1S/C14H24N4O2/c1-5-6-7-10(11-8-17-12(15)9-16-11)18-13(19)20-14(2,3)4/h8-10H,5-7H2,1-4H3,(H2,15,17)(H,18,19). The number of carbonyl (C=O) groups excluding carboxylic acids is 1. The minimum atomic E-state index is -0.522. The van der Waals surface area contributed by atoms with Gasteiger partial charge in [0.1, 0.15) is 11.4 Å². The van der Waals surface area contributed by atoms with Gasteiger partial charge in [-0.3, -0.25) is 4.98 Å². The van der Waals surface area contributed by atoms with Gasteiger partial charge in [0.2, 0.25) is 0 Å². The number of hydrogen-bond donors (Lipinski definition) is 2. The van der Waals surface area contributed by atoms with Crippen molar-refractivity contribution in [1.82, 2.24) is 15.3 Å². The van der Waals surface area contributed by atoms with Crippen molar-refractivity contribution in [3.05, 3.63) is 18.1 Å². The number of nitrogens with zero attached hydrogens (tertiary/aromatic N) is 2. The van der Waals surface area contributed by atoms with Gasteiger partial charge in [0.15, 0.2) is 0 Å². The van der Waals surface area contributed by atoms with Crippen LogP contribution in [0.3, 0.4) is 0 Å². The molecule has 20 heavy (non-hydrogen) atoms. The first-order chi connectivity index (χ1) is 9.31. The molecule has 1 aromatic rings. The zero-order chi connectivity index (χ0) is 15.2. The largest absolute Gasteiger partial charge is 0.444 e. The third-order valence-corrected chi connectivity index (χ3v) is 2.59. The summed E-state index contributed by atoms with van der Waals surface area (Å²) in [6.07, 6.45) is 5.44. The molecule has 1 rings (SSSR count). The number of carbonyl (C=O) groups is 1. The average molecular weight is 280 g/mol. The molecule has 0 aromatic carbocycles. The molecule has 1 unspecified atom stereocenters. The van der Waals surface area contributed by atoms with Crippen LogP contribution in [0, 0.1) is 0 Å². The number of alkyl carbamates (subject to hydrolysis) is 1. The average Bonchev–Trinajstić information content (AvgIpc) is 2.33. The van der Waals surface area contributed by atoms with Gasteiger partial charge in [-0.1, -0.05) is 19.8 Å². The van der Waals surface area contributed by atoms with Crippen molar-refractivity contribution in [1.29, 1.82) is 0 Å². The number of hydrogen-bond acceptors (Lipinski definition) is 5. The summed E-state index contributed by atoms with van der Waals surface area (Å²) in [5, 5.41) is 2.84.